The molecule has 1 aromatic heterocycles. The lowest BCUT2D eigenvalue weighted by atomic mass is 10.2. The van der Waals surface area contributed by atoms with Crippen molar-refractivity contribution in [3.8, 4) is 6.07 Å². The maximum Gasteiger partial charge on any atom is 0.140 e. The van der Waals surface area contributed by atoms with Crippen LogP contribution in [0.3, 0.4) is 0 Å². The second-order valence-electron chi connectivity index (χ2n) is 3.41. The number of benzene rings is 1. The molecule has 4 heteroatoms. The van der Waals surface area contributed by atoms with E-state index in [0.717, 1.165) is 15.8 Å². The predicted octanol–water partition coefficient (Wildman–Crippen LogP) is 4.01. The molecule has 84 valence electrons. The lowest BCUT2D eigenvalue weighted by Gasteiger charge is -2.02. The lowest BCUT2D eigenvalue weighted by Crippen LogP contribution is -1.86. The van der Waals surface area contributed by atoms with Gasteiger partial charge in [-0.3, -0.25) is 0 Å². The van der Waals surface area contributed by atoms with Crippen LogP contribution >= 0.6 is 27.7 Å². The van der Waals surface area contributed by atoms with E-state index in [0.29, 0.717) is 5.69 Å². The smallest absolute Gasteiger partial charge is 0.140 e. The van der Waals surface area contributed by atoms with Crippen molar-refractivity contribution in [3.63, 3.8) is 0 Å². The summed E-state index contributed by atoms with van der Waals surface area (Å²) in [6.07, 6.45) is 1.68. The van der Waals surface area contributed by atoms with Gasteiger partial charge in [0.15, 0.2) is 0 Å². The molecule has 1 heterocycles. The first kappa shape index (κ1) is 12.2. The van der Waals surface area contributed by atoms with Gasteiger partial charge in [-0.1, -0.05) is 22.0 Å². The number of thioether (sulfide) groups is 1. The standard InChI is InChI=1S/C13H9BrN2S/c14-11-2-1-3-13(7-11)17-9-10-4-5-16-12(6-10)8-15/h1-7H,9H2. The fraction of sp³-hybridized carbons (Fsp3) is 0.0769. The van der Waals surface area contributed by atoms with Crippen molar-refractivity contribution in [1.82, 2.24) is 4.98 Å². The van der Waals surface area contributed by atoms with Crippen molar-refractivity contribution in [1.29, 1.82) is 5.26 Å². The van der Waals surface area contributed by atoms with Crippen LogP contribution in [-0.2, 0) is 5.75 Å². The number of rotatable bonds is 3. The minimum absolute atomic E-state index is 0.470. The molecule has 0 fully saturated rings. The second-order valence-corrected chi connectivity index (χ2v) is 5.37. The predicted molar refractivity (Wildman–Crippen MR) is 72.7 cm³/mol. The third-order valence-corrected chi connectivity index (χ3v) is 3.70. The van der Waals surface area contributed by atoms with Crippen molar-refractivity contribution in [2.45, 2.75) is 10.6 Å². The zero-order valence-electron chi connectivity index (χ0n) is 8.93. The number of nitriles is 1. The molecule has 2 aromatic rings. The van der Waals surface area contributed by atoms with E-state index in [-0.39, 0.29) is 0 Å². The zero-order chi connectivity index (χ0) is 12.1. The third kappa shape index (κ3) is 3.58. The molecule has 0 saturated heterocycles. The normalized spacial score (nSPS) is 9.88. The summed E-state index contributed by atoms with van der Waals surface area (Å²) in [7, 11) is 0. The van der Waals surface area contributed by atoms with Crippen molar-refractivity contribution in [2.24, 2.45) is 0 Å². The van der Waals surface area contributed by atoms with E-state index in [1.165, 1.54) is 4.90 Å². The Labute approximate surface area is 113 Å². The summed E-state index contributed by atoms with van der Waals surface area (Å²) < 4.78 is 1.08. The molecule has 0 aliphatic heterocycles. The number of aromatic nitrogens is 1. The van der Waals surface area contributed by atoms with Gasteiger partial charge in [-0.15, -0.1) is 11.8 Å². The Morgan fingerprint density at radius 2 is 2.18 bits per heavy atom. The summed E-state index contributed by atoms with van der Waals surface area (Å²) >= 11 is 5.18. The molecule has 0 aliphatic rings. The summed E-state index contributed by atoms with van der Waals surface area (Å²) in [6.45, 7) is 0. The monoisotopic (exact) mass is 304 g/mol. The summed E-state index contributed by atoms with van der Waals surface area (Å²) in [4.78, 5) is 5.15. The van der Waals surface area contributed by atoms with Gasteiger partial charge >= 0.3 is 0 Å². The van der Waals surface area contributed by atoms with Gasteiger partial charge < -0.3 is 0 Å². The first-order valence-corrected chi connectivity index (χ1v) is 6.79. The Balaban J connectivity index is 2.05. The average Bonchev–Trinajstić information content (AvgIpc) is 2.37. The minimum atomic E-state index is 0.470. The Bertz CT molecular complexity index is 563. The van der Waals surface area contributed by atoms with E-state index in [9.17, 15) is 0 Å². The second kappa shape index (κ2) is 5.85. The molecule has 0 atom stereocenters. The van der Waals surface area contributed by atoms with Gasteiger partial charge in [0.2, 0.25) is 0 Å². The summed E-state index contributed by atoms with van der Waals surface area (Å²) in [5, 5.41) is 8.76. The summed E-state index contributed by atoms with van der Waals surface area (Å²) in [5.74, 6) is 0.841. The van der Waals surface area contributed by atoms with Crippen LogP contribution in [0.1, 0.15) is 11.3 Å². The van der Waals surface area contributed by atoms with Crippen LogP contribution in [-0.4, -0.2) is 4.98 Å². The molecule has 2 rings (SSSR count). The molecule has 17 heavy (non-hydrogen) atoms. The Kier molecular flexibility index (Phi) is 4.18. The first-order chi connectivity index (χ1) is 8.28. The number of pyridine rings is 1. The highest BCUT2D eigenvalue weighted by atomic mass is 79.9. The summed E-state index contributed by atoms with van der Waals surface area (Å²) in [6, 6.07) is 14.0. The molecular formula is C13H9BrN2S. The van der Waals surface area contributed by atoms with Gasteiger partial charge in [-0.2, -0.15) is 5.26 Å². The highest BCUT2D eigenvalue weighted by Crippen LogP contribution is 2.25. The van der Waals surface area contributed by atoms with Crippen LogP contribution in [0.25, 0.3) is 0 Å². The van der Waals surface area contributed by atoms with E-state index < -0.39 is 0 Å². The molecule has 0 radical (unpaired) electrons. The largest absolute Gasteiger partial charge is 0.246 e. The van der Waals surface area contributed by atoms with Crippen molar-refractivity contribution in [3.05, 3.63) is 58.3 Å². The summed E-state index contributed by atoms with van der Waals surface area (Å²) in [5.41, 5.74) is 1.58. The maximum absolute atomic E-state index is 8.76. The topological polar surface area (TPSA) is 36.7 Å². The molecule has 0 N–H and O–H groups in total. The lowest BCUT2D eigenvalue weighted by molar-refractivity contribution is 1.22. The van der Waals surface area contributed by atoms with Gasteiger partial charge in [0.05, 0.1) is 0 Å². The van der Waals surface area contributed by atoms with Crippen LogP contribution in [0.2, 0.25) is 0 Å². The molecule has 0 saturated carbocycles. The van der Waals surface area contributed by atoms with Crippen LogP contribution < -0.4 is 0 Å². The molecule has 1 aromatic carbocycles. The fourth-order valence-electron chi connectivity index (χ4n) is 1.35. The Morgan fingerprint density at radius 3 is 2.94 bits per heavy atom. The highest BCUT2D eigenvalue weighted by Gasteiger charge is 1.99. The molecule has 0 amide bonds. The van der Waals surface area contributed by atoms with Crippen LogP contribution in [0.4, 0.5) is 0 Å². The molecule has 0 bridgehead atoms. The van der Waals surface area contributed by atoms with Crippen molar-refractivity contribution in [2.75, 3.05) is 0 Å². The van der Waals surface area contributed by atoms with Crippen molar-refractivity contribution < 1.29 is 0 Å². The van der Waals surface area contributed by atoms with E-state index in [2.05, 4.69) is 33.0 Å². The minimum Gasteiger partial charge on any atom is -0.246 e. The SMILES string of the molecule is N#Cc1cc(CSc2cccc(Br)c2)ccn1. The van der Waals surface area contributed by atoms with Gasteiger partial charge in [-0.25, -0.2) is 4.98 Å². The Morgan fingerprint density at radius 1 is 1.29 bits per heavy atom. The van der Waals surface area contributed by atoms with Gasteiger partial charge in [0.1, 0.15) is 11.8 Å². The van der Waals surface area contributed by atoms with E-state index >= 15 is 0 Å². The van der Waals surface area contributed by atoms with Crippen molar-refractivity contribution >= 4 is 27.7 Å². The van der Waals surface area contributed by atoms with Gasteiger partial charge in [0, 0.05) is 21.3 Å². The van der Waals surface area contributed by atoms with E-state index in [4.69, 9.17) is 5.26 Å². The third-order valence-electron chi connectivity index (χ3n) is 2.14. The zero-order valence-corrected chi connectivity index (χ0v) is 11.3. The number of halogens is 1. The van der Waals surface area contributed by atoms with E-state index in [1.807, 2.05) is 30.3 Å². The van der Waals surface area contributed by atoms with E-state index in [1.54, 1.807) is 18.0 Å². The molecular weight excluding hydrogens is 296 g/mol. The van der Waals surface area contributed by atoms with Gasteiger partial charge in [0.25, 0.3) is 0 Å². The molecule has 0 aliphatic carbocycles. The van der Waals surface area contributed by atoms with Crippen LogP contribution in [0, 0.1) is 11.3 Å². The maximum atomic E-state index is 8.76. The highest BCUT2D eigenvalue weighted by molar-refractivity contribution is 9.10. The first-order valence-electron chi connectivity index (χ1n) is 5.01. The number of hydrogen-bond acceptors (Lipinski definition) is 3. The van der Waals surface area contributed by atoms with Gasteiger partial charge in [-0.05, 0) is 35.9 Å². The van der Waals surface area contributed by atoms with Crippen LogP contribution in [0.15, 0.2) is 52.0 Å². The Hall–Kier alpha value is -1.31. The molecule has 0 spiro atoms. The molecule has 2 nitrogen and oxygen atoms in total. The quantitative estimate of drug-likeness (QED) is 0.804. The fourth-order valence-corrected chi connectivity index (χ4v) is 2.80. The molecule has 0 unspecified atom stereocenters. The van der Waals surface area contributed by atoms with Crippen LogP contribution in [0.5, 0.6) is 0 Å². The average molecular weight is 305 g/mol. The number of hydrogen-bond donors (Lipinski definition) is 0. The number of nitrogens with zero attached hydrogens (tertiary/aromatic N) is 2.